The first kappa shape index (κ1) is 18.8. The number of nitrogens with zero attached hydrogens (tertiary/aromatic N) is 1. The maximum absolute atomic E-state index is 13.0. The van der Waals surface area contributed by atoms with E-state index < -0.39 is 16.0 Å². The molecule has 0 aliphatic carbocycles. The third-order valence-electron chi connectivity index (χ3n) is 3.52. The van der Waals surface area contributed by atoms with Crippen molar-refractivity contribution in [2.75, 3.05) is 17.5 Å². The molecule has 25 heavy (non-hydrogen) atoms. The van der Waals surface area contributed by atoms with Crippen LogP contribution in [-0.4, -0.2) is 32.6 Å². The summed E-state index contributed by atoms with van der Waals surface area (Å²) in [5.41, 5.74) is 0.470. The molecule has 0 atom stereocenters. The van der Waals surface area contributed by atoms with Crippen LogP contribution in [0.15, 0.2) is 59.5 Å². The van der Waals surface area contributed by atoms with Crippen molar-refractivity contribution in [3.63, 3.8) is 0 Å². The van der Waals surface area contributed by atoms with Crippen molar-refractivity contribution in [1.29, 1.82) is 0 Å². The Morgan fingerprint density at radius 2 is 1.72 bits per heavy atom. The van der Waals surface area contributed by atoms with E-state index in [4.69, 9.17) is 9.84 Å². The highest BCUT2D eigenvalue weighted by Gasteiger charge is 2.24. The topological polar surface area (TPSA) is 83.9 Å². The summed E-state index contributed by atoms with van der Waals surface area (Å²) in [6.45, 7) is 2.47. The Kier molecular flexibility index (Phi) is 6.41. The van der Waals surface area contributed by atoms with Gasteiger partial charge in [-0.3, -0.25) is 9.10 Å². The fourth-order valence-electron chi connectivity index (χ4n) is 2.36. The lowest BCUT2D eigenvalue weighted by atomic mass is 10.2. The van der Waals surface area contributed by atoms with Gasteiger partial charge in [0.15, 0.2) is 0 Å². The Labute approximate surface area is 147 Å². The Morgan fingerprint density at radius 1 is 1.08 bits per heavy atom. The second-order valence-electron chi connectivity index (χ2n) is 5.31. The van der Waals surface area contributed by atoms with E-state index in [2.05, 4.69) is 0 Å². The van der Waals surface area contributed by atoms with Crippen LogP contribution >= 0.6 is 0 Å². The highest BCUT2D eigenvalue weighted by atomic mass is 32.2. The summed E-state index contributed by atoms with van der Waals surface area (Å²) >= 11 is 0. The van der Waals surface area contributed by atoms with E-state index in [-0.39, 0.29) is 24.3 Å². The molecule has 0 saturated heterocycles. The van der Waals surface area contributed by atoms with E-state index in [0.717, 1.165) is 0 Å². The van der Waals surface area contributed by atoms with Gasteiger partial charge < -0.3 is 9.84 Å². The first-order valence-corrected chi connectivity index (χ1v) is 9.41. The summed E-state index contributed by atoms with van der Waals surface area (Å²) in [6, 6.07) is 14.8. The fourth-order valence-corrected chi connectivity index (χ4v) is 3.88. The van der Waals surface area contributed by atoms with Gasteiger partial charge in [0.05, 0.1) is 17.2 Å². The van der Waals surface area contributed by atoms with E-state index in [1.54, 1.807) is 42.5 Å². The molecule has 0 fully saturated rings. The maximum atomic E-state index is 13.0. The van der Waals surface area contributed by atoms with Crippen molar-refractivity contribution in [1.82, 2.24) is 0 Å². The van der Waals surface area contributed by atoms with Gasteiger partial charge in [-0.2, -0.15) is 0 Å². The molecule has 0 radical (unpaired) electrons. The van der Waals surface area contributed by atoms with Crippen molar-refractivity contribution < 1.29 is 23.1 Å². The zero-order chi connectivity index (χ0) is 18.3. The van der Waals surface area contributed by atoms with Gasteiger partial charge in [0, 0.05) is 13.0 Å². The normalized spacial score (nSPS) is 11.1. The largest absolute Gasteiger partial charge is 0.494 e. The summed E-state index contributed by atoms with van der Waals surface area (Å²) in [5.74, 6) is -0.308. The van der Waals surface area contributed by atoms with Gasteiger partial charge in [0.2, 0.25) is 0 Å². The average Bonchev–Trinajstić information content (AvgIpc) is 2.60. The van der Waals surface area contributed by atoms with Crippen molar-refractivity contribution in [3.05, 3.63) is 54.6 Å². The third-order valence-corrected chi connectivity index (χ3v) is 5.36. The Bertz CT molecular complexity index is 788. The monoisotopic (exact) mass is 363 g/mol. The predicted molar refractivity (Wildman–Crippen MR) is 95.5 cm³/mol. The van der Waals surface area contributed by atoms with Gasteiger partial charge in [-0.1, -0.05) is 18.2 Å². The van der Waals surface area contributed by atoms with Crippen molar-refractivity contribution in [2.45, 2.75) is 24.7 Å². The van der Waals surface area contributed by atoms with Crippen LogP contribution in [0, 0.1) is 0 Å². The van der Waals surface area contributed by atoms with Gasteiger partial charge in [0.1, 0.15) is 5.75 Å². The number of carbonyl (C=O) groups is 1. The second kappa shape index (κ2) is 8.53. The highest BCUT2D eigenvalue weighted by molar-refractivity contribution is 7.92. The van der Waals surface area contributed by atoms with E-state index in [0.29, 0.717) is 18.0 Å². The zero-order valence-corrected chi connectivity index (χ0v) is 14.8. The number of sulfonamides is 1. The van der Waals surface area contributed by atoms with Crippen molar-refractivity contribution in [2.24, 2.45) is 0 Å². The van der Waals surface area contributed by atoms with Crippen molar-refractivity contribution in [3.8, 4) is 5.75 Å². The Balaban J connectivity index is 2.33. The minimum Gasteiger partial charge on any atom is -0.494 e. The van der Waals surface area contributed by atoms with Gasteiger partial charge in [-0.05, 0) is 49.7 Å². The van der Waals surface area contributed by atoms with Crippen LogP contribution in [0.3, 0.4) is 0 Å². The predicted octanol–water partition coefficient (Wildman–Crippen LogP) is 3.15. The van der Waals surface area contributed by atoms with Crippen LogP contribution < -0.4 is 9.04 Å². The number of benzene rings is 2. The second-order valence-corrected chi connectivity index (χ2v) is 7.18. The number of hydrogen-bond donors (Lipinski definition) is 1. The maximum Gasteiger partial charge on any atom is 0.303 e. The van der Waals surface area contributed by atoms with Crippen LogP contribution in [0.4, 0.5) is 5.69 Å². The van der Waals surface area contributed by atoms with E-state index in [1.807, 2.05) is 6.92 Å². The molecule has 2 aromatic carbocycles. The van der Waals surface area contributed by atoms with Crippen LogP contribution in [0.2, 0.25) is 0 Å². The van der Waals surface area contributed by atoms with E-state index >= 15 is 0 Å². The fraction of sp³-hybridized carbons (Fsp3) is 0.278. The summed E-state index contributed by atoms with van der Waals surface area (Å²) in [5, 5.41) is 8.83. The lowest BCUT2D eigenvalue weighted by molar-refractivity contribution is -0.137. The standard InChI is InChI=1S/C18H21NO5S/c1-2-24-16-12-10-15(11-13-16)19(14-6-9-18(20)21)25(22,23)17-7-4-3-5-8-17/h3-5,7-8,10-13H,2,6,9,14H2,1H3,(H,20,21). The quantitative estimate of drug-likeness (QED) is 0.740. The number of rotatable bonds is 9. The summed E-state index contributed by atoms with van der Waals surface area (Å²) in [4.78, 5) is 10.9. The summed E-state index contributed by atoms with van der Waals surface area (Å²) in [6.07, 6.45) is 0.118. The van der Waals surface area contributed by atoms with Gasteiger partial charge in [-0.25, -0.2) is 8.42 Å². The van der Waals surface area contributed by atoms with Gasteiger partial charge in [-0.15, -0.1) is 0 Å². The SMILES string of the molecule is CCOc1ccc(N(CCCC(=O)O)S(=O)(=O)c2ccccc2)cc1. The van der Waals surface area contributed by atoms with E-state index in [9.17, 15) is 13.2 Å². The number of carboxylic acid groups (broad SMARTS) is 1. The zero-order valence-electron chi connectivity index (χ0n) is 14.0. The lowest BCUT2D eigenvalue weighted by Crippen LogP contribution is -2.32. The lowest BCUT2D eigenvalue weighted by Gasteiger charge is -2.24. The molecule has 0 saturated carbocycles. The molecular weight excluding hydrogens is 342 g/mol. The van der Waals surface area contributed by atoms with Crippen LogP contribution in [0.5, 0.6) is 5.75 Å². The molecule has 0 aromatic heterocycles. The Morgan fingerprint density at radius 3 is 2.28 bits per heavy atom. The van der Waals surface area contributed by atoms with Gasteiger partial charge >= 0.3 is 5.97 Å². The molecule has 0 amide bonds. The molecular formula is C18H21NO5S. The van der Waals surface area contributed by atoms with Crippen LogP contribution in [0.1, 0.15) is 19.8 Å². The summed E-state index contributed by atoms with van der Waals surface area (Å²) in [7, 11) is -3.78. The van der Waals surface area contributed by atoms with Crippen molar-refractivity contribution >= 4 is 21.7 Å². The molecule has 0 spiro atoms. The first-order chi connectivity index (χ1) is 11.9. The van der Waals surface area contributed by atoms with Crippen LogP contribution in [-0.2, 0) is 14.8 Å². The molecule has 0 aliphatic heterocycles. The molecule has 6 nitrogen and oxygen atoms in total. The minimum atomic E-state index is -3.78. The molecule has 1 N–H and O–H groups in total. The smallest absolute Gasteiger partial charge is 0.303 e. The Hall–Kier alpha value is -2.54. The molecule has 2 rings (SSSR count). The van der Waals surface area contributed by atoms with Gasteiger partial charge in [0.25, 0.3) is 10.0 Å². The number of anilines is 1. The third kappa shape index (κ3) is 4.96. The number of carboxylic acids is 1. The molecule has 0 aliphatic rings. The first-order valence-electron chi connectivity index (χ1n) is 7.97. The number of hydrogen-bond acceptors (Lipinski definition) is 4. The minimum absolute atomic E-state index is 0.0809. The molecule has 0 bridgehead atoms. The number of aliphatic carboxylic acids is 1. The molecule has 7 heteroatoms. The highest BCUT2D eigenvalue weighted by Crippen LogP contribution is 2.26. The molecule has 0 heterocycles. The van der Waals surface area contributed by atoms with E-state index in [1.165, 1.54) is 16.4 Å². The molecule has 2 aromatic rings. The summed E-state index contributed by atoms with van der Waals surface area (Å²) < 4.78 is 32.5. The van der Waals surface area contributed by atoms with Crippen LogP contribution in [0.25, 0.3) is 0 Å². The average molecular weight is 363 g/mol. The number of ether oxygens (including phenoxy) is 1. The molecule has 0 unspecified atom stereocenters. The molecule has 134 valence electrons.